The highest BCUT2D eigenvalue weighted by molar-refractivity contribution is 7.89. The summed E-state index contributed by atoms with van der Waals surface area (Å²) in [4.78, 5) is 12.9. The summed E-state index contributed by atoms with van der Waals surface area (Å²) in [6, 6.07) is 31.8. The van der Waals surface area contributed by atoms with Gasteiger partial charge in [0.15, 0.2) is 0 Å². The molecule has 190 valence electrons. The van der Waals surface area contributed by atoms with Crippen LogP contribution in [-0.4, -0.2) is 38.9 Å². The Morgan fingerprint density at radius 2 is 1.35 bits per heavy atom. The van der Waals surface area contributed by atoms with E-state index in [9.17, 15) is 13.2 Å². The van der Waals surface area contributed by atoms with Crippen LogP contribution in [0.3, 0.4) is 0 Å². The second kappa shape index (κ2) is 12.2. The first-order valence-corrected chi connectivity index (χ1v) is 13.2. The first kappa shape index (κ1) is 25.9. The van der Waals surface area contributed by atoms with Gasteiger partial charge in [-0.1, -0.05) is 54.6 Å². The smallest absolute Gasteiger partial charge is 0.255 e. The molecule has 0 aliphatic rings. The molecule has 0 atom stereocenters. The normalized spacial score (nSPS) is 11.2. The first-order valence-electron chi connectivity index (χ1n) is 11.7. The highest BCUT2D eigenvalue weighted by Gasteiger charge is 2.21. The number of hydrogen-bond acceptors (Lipinski definition) is 5. The lowest BCUT2D eigenvalue weighted by Crippen LogP contribution is -2.26. The average molecular weight is 517 g/mol. The van der Waals surface area contributed by atoms with E-state index >= 15 is 0 Å². The Morgan fingerprint density at radius 1 is 0.757 bits per heavy atom. The fourth-order valence-corrected chi connectivity index (χ4v) is 4.74. The van der Waals surface area contributed by atoms with Crippen LogP contribution >= 0.6 is 0 Å². The Bertz CT molecular complexity index is 1410. The Hall–Kier alpha value is -4.14. The molecule has 1 N–H and O–H groups in total. The summed E-state index contributed by atoms with van der Waals surface area (Å²) in [5.74, 6) is 0.982. The van der Waals surface area contributed by atoms with Crippen molar-refractivity contribution < 1.29 is 22.7 Å². The van der Waals surface area contributed by atoms with Crippen LogP contribution in [0, 0.1) is 0 Å². The van der Waals surface area contributed by atoms with Crippen molar-refractivity contribution in [3.63, 3.8) is 0 Å². The molecule has 0 saturated carbocycles. The monoisotopic (exact) mass is 516 g/mol. The van der Waals surface area contributed by atoms with Crippen LogP contribution in [-0.2, 0) is 16.6 Å². The van der Waals surface area contributed by atoms with Crippen LogP contribution in [0.4, 0.5) is 5.69 Å². The molecule has 4 aromatic carbocycles. The average Bonchev–Trinajstić information content (AvgIpc) is 2.93. The molecule has 0 spiro atoms. The van der Waals surface area contributed by atoms with Gasteiger partial charge in [0.05, 0.1) is 4.90 Å². The molecule has 8 heteroatoms. The second-order valence-corrected chi connectivity index (χ2v) is 10.3. The predicted molar refractivity (Wildman–Crippen MR) is 143 cm³/mol. The molecule has 1 amide bonds. The van der Waals surface area contributed by atoms with E-state index in [1.807, 2.05) is 60.7 Å². The lowest BCUT2D eigenvalue weighted by Gasteiger charge is -2.17. The Kier molecular flexibility index (Phi) is 8.56. The maximum absolute atomic E-state index is 12.9. The van der Waals surface area contributed by atoms with Crippen LogP contribution in [0.5, 0.6) is 11.5 Å². The molecule has 0 aliphatic heterocycles. The zero-order valence-electron chi connectivity index (χ0n) is 20.4. The zero-order valence-corrected chi connectivity index (χ0v) is 21.2. The third kappa shape index (κ3) is 7.19. The van der Waals surface area contributed by atoms with E-state index in [-0.39, 0.29) is 17.3 Å². The number of rotatable bonds is 11. The topological polar surface area (TPSA) is 84.9 Å². The van der Waals surface area contributed by atoms with Gasteiger partial charge in [0, 0.05) is 24.8 Å². The number of anilines is 1. The highest BCUT2D eigenvalue weighted by atomic mass is 32.2. The fourth-order valence-electron chi connectivity index (χ4n) is 3.58. The number of hydrogen-bond donors (Lipinski definition) is 1. The number of nitrogens with zero attached hydrogens (tertiary/aromatic N) is 1. The predicted octanol–water partition coefficient (Wildman–Crippen LogP) is 5.22. The van der Waals surface area contributed by atoms with E-state index in [1.54, 1.807) is 43.4 Å². The van der Waals surface area contributed by atoms with Gasteiger partial charge >= 0.3 is 0 Å². The number of benzene rings is 4. The van der Waals surface area contributed by atoms with Gasteiger partial charge in [-0.15, -0.1) is 0 Å². The van der Waals surface area contributed by atoms with Gasteiger partial charge in [-0.25, -0.2) is 8.42 Å². The summed E-state index contributed by atoms with van der Waals surface area (Å²) >= 11 is 0. The number of amides is 1. The standard InChI is InChI=1S/C29H28N2O5S/c1-31(22-23-9-4-2-5-10-23)37(33,34)28-17-15-25(16-18-28)30-29(32)24-11-8-14-27(21-24)36-20-19-35-26-12-6-3-7-13-26/h2-18,21H,19-20,22H2,1H3,(H,30,32). The van der Waals surface area contributed by atoms with Crippen LogP contribution in [0.25, 0.3) is 0 Å². The van der Waals surface area contributed by atoms with Crippen molar-refractivity contribution in [2.45, 2.75) is 11.4 Å². The number of carbonyl (C=O) groups excluding carboxylic acids is 1. The van der Waals surface area contributed by atoms with E-state index in [2.05, 4.69) is 5.32 Å². The molecule has 37 heavy (non-hydrogen) atoms. The van der Waals surface area contributed by atoms with Crippen molar-refractivity contribution in [2.24, 2.45) is 0 Å². The third-order valence-electron chi connectivity index (χ3n) is 5.53. The van der Waals surface area contributed by atoms with E-state index in [0.717, 1.165) is 11.3 Å². The SMILES string of the molecule is CN(Cc1ccccc1)S(=O)(=O)c1ccc(NC(=O)c2cccc(OCCOc3ccccc3)c2)cc1. The van der Waals surface area contributed by atoms with E-state index in [4.69, 9.17) is 9.47 Å². The third-order valence-corrected chi connectivity index (χ3v) is 7.35. The molecule has 0 fully saturated rings. The molecule has 4 rings (SSSR count). The van der Waals surface area contributed by atoms with Gasteiger partial charge in [0.2, 0.25) is 10.0 Å². The zero-order chi connectivity index (χ0) is 26.1. The molecule has 0 aromatic heterocycles. The van der Waals surface area contributed by atoms with Gasteiger partial charge in [0.1, 0.15) is 24.7 Å². The van der Waals surface area contributed by atoms with Crippen molar-refractivity contribution in [1.82, 2.24) is 4.31 Å². The quantitative estimate of drug-likeness (QED) is 0.277. The van der Waals surface area contributed by atoms with Crippen LogP contribution in [0.15, 0.2) is 114 Å². The van der Waals surface area contributed by atoms with E-state index in [1.165, 1.54) is 16.4 Å². The van der Waals surface area contributed by atoms with Crippen LogP contribution < -0.4 is 14.8 Å². The maximum atomic E-state index is 12.9. The molecule has 0 aliphatic carbocycles. The van der Waals surface area contributed by atoms with Crippen LogP contribution in [0.2, 0.25) is 0 Å². The Labute approximate surface area is 217 Å². The van der Waals surface area contributed by atoms with Crippen LogP contribution in [0.1, 0.15) is 15.9 Å². The van der Waals surface area contributed by atoms with Gasteiger partial charge in [-0.05, 0) is 60.2 Å². The van der Waals surface area contributed by atoms with Crippen molar-refractivity contribution in [2.75, 3.05) is 25.6 Å². The summed E-state index contributed by atoms with van der Waals surface area (Å²) in [7, 11) is -2.13. The van der Waals surface area contributed by atoms with Gasteiger partial charge in [-0.2, -0.15) is 4.31 Å². The fraction of sp³-hybridized carbons (Fsp3) is 0.138. The van der Waals surface area contributed by atoms with Crippen molar-refractivity contribution in [3.8, 4) is 11.5 Å². The van der Waals surface area contributed by atoms with Gasteiger partial charge in [-0.3, -0.25) is 4.79 Å². The van der Waals surface area contributed by atoms with Gasteiger partial charge in [0.25, 0.3) is 5.91 Å². The molecule has 7 nitrogen and oxygen atoms in total. The lowest BCUT2D eigenvalue weighted by atomic mass is 10.2. The minimum Gasteiger partial charge on any atom is -0.490 e. The molecule has 0 radical (unpaired) electrons. The second-order valence-electron chi connectivity index (χ2n) is 8.26. The lowest BCUT2D eigenvalue weighted by molar-refractivity contribution is 0.102. The molecule has 0 heterocycles. The molecule has 0 saturated heterocycles. The molecular weight excluding hydrogens is 488 g/mol. The highest BCUT2D eigenvalue weighted by Crippen LogP contribution is 2.21. The number of sulfonamides is 1. The van der Waals surface area contributed by atoms with Crippen molar-refractivity contribution >= 4 is 21.6 Å². The number of carbonyl (C=O) groups is 1. The Morgan fingerprint density at radius 3 is 2.03 bits per heavy atom. The molecule has 4 aromatic rings. The largest absolute Gasteiger partial charge is 0.490 e. The van der Waals surface area contributed by atoms with Crippen molar-refractivity contribution in [3.05, 3.63) is 120 Å². The molecular formula is C29H28N2O5S. The summed E-state index contributed by atoms with van der Waals surface area (Å²) in [6.07, 6.45) is 0. The Balaban J connectivity index is 1.32. The minimum absolute atomic E-state index is 0.150. The first-order chi connectivity index (χ1) is 17.9. The molecule has 0 bridgehead atoms. The van der Waals surface area contributed by atoms with E-state index < -0.39 is 10.0 Å². The summed E-state index contributed by atoms with van der Waals surface area (Å²) in [5.41, 5.74) is 1.80. The summed E-state index contributed by atoms with van der Waals surface area (Å²) < 4.78 is 38.5. The number of nitrogens with one attached hydrogen (secondary N) is 1. The van der Waals surface area contributed by atoms with Crippen molar-refractivity contribution in [1.29, 1.82) is 0 Å². The minimum atomic E-state index is -3.68. The maximum Gasteiger partial charge on any atom is 0.255 e. The van der Waals surface area contributed by atoms with E-state index in [0.29, 0.717) is 30.2 Å². The molecule has 0 unspecified atom stereocenters. The van der Waals surface area contributed by atoms with Gasteiger partial charge < -0.3 is 14.8 Å². The summed E-state index contributed by atoms with van der Waals surface area (Å²) in [5, 5.41) is 2.79. The number of para-hydroxylation sites is 1. The summed E-state index contributed by atoms with van der Waals surface area (Å²) in [6.45, 7) is 0.962. The number of ether oxygens (including phenoxy) is 2.